The van der Waals surface area contributed by atoms with Crippen LogP contribution in [-0.2, 0) is 13.5 Å². The molecule has 0 atom stereocenters. The number of aromatic nitrogens is 4. The molecule has 0 unspecified atom stereocenters. The Labute approximate surface area is 169 Å². The van der Waals surface area contributed by atoms with Crippen LogP contribution in [0, 0.1) is 0 Å². The van der Waals surface area contributed by atoms with E-state index in [1.165, 1.54) is 4.57 Å². The van der Waals surface area contributed by atoms with Crippen molar-refractivity contribution in [3.05, 3.63) is 85.6 Å². The van der Waals surface area contributed by atoms with Gasteiger partial charge in [0.25, 0.3) is 5.56 Å². The Balaban J connectivity index is 2.00. The second kappa shape index (κ2) is 7.00. The van der Waals surface area contributed by atoms with Crippen molar-refractivity contribution in [2.45, 2.75) is 6.42 Å². The Morgan fingerprint density at radius 3 is 2.33 bits per heavy atom. The molecule has 4 aromatic rings. The van der Waals surface area contributed by atoms with Gasteiger partial charge < -0.3 is 4.57 Å². The lowest BCUT2D eigenvalue weighted by atomic mass is 10.1. The van der Waals surface area contributed by atoms with E-state index in [4.69, 9.17) is 34.8 Å². The number of rotatable bonds is 3. The van der Waals surface area contributed by atoms with E-state index in [2.05, 4.69) is 9.97 Å². The average molecular weight is 420 g/mol. The predicted molar refractivity (Wildman–Crippen MR) is 108 cm³/mol. The molecule has 0 aliphatic rings. The van der Waals surface area contributed by atoms with Gasteiger partial charge in [-0.2, -0.15) is 0 Å². The molecule has 0 saturated heterocycles. The summed E-state index contributed by atoms with van der Waals surface area (Å²) in [7, 11) is 1.79. The first-order chi connectivity index (χ1) is 13.0. The third-order valence-electron chi connectivity index (χ3n) is 4.29. The highest BCUT2D eigenvalue weighted by Crippen LogP contribution is 2.27. The molecule has 27 heavy (non-hydrogen) atoms. The number of imidazole rings is 1. The zero-order valence-electron chi connectivity index (χ0n) is 14.2. The van der Waals surface area contributed by atoms with E-state index < -0.39 is 0 Å². The van der Waals surface area contributed by atoms with Gasteiger partial charge in [-0.25, -0.2) is 9.97 Å². The third-order valence-corrected chi connectivity index (χ3v) is 5.25. The van der Waals surface area contributed by atoms with E-state index in [1.807, 2.05) is 0 Å². The summed E-state index contributed by atoms with van der Waals surface area (Å²) in [5.74, 6) is 0.508. The van der Waals surface area contributed by atoms with E-state index >= 15 is 0 Å². The maximum atomic E-state index is 13.2. The Bertz CT molecular complexity index is 1190. The second-order valence-corrected chi connectivity index (χ2v) is 7.30. The van der Waals surface area contributed by atoms with Gasteiger partial charge in [0, 0.05) is 28.5 Å². The summed E-state index contributed by atoms with van der Waals surface area (Å²) >= 11 is 18.7. The normalized spacial score (nSPS) is 11.3. The number of fused-ring (bicyclic) bond motifs is 1. The molecular formula is C19H13Cl3N4O. The van der Waals surface area contributed by atoms with E-state index in [9.17, 15) is 4.79 Å². The summed E-state index contributed by atoms with van der Waals surface area (Å²) < 4.78 is 3.23. The van der Waals surface area contributed by atoms with Gasteiger partial charge in [0.15, 0.2) is 11.2 Å². The third kappa shape index (κ3) is 3.23. The molecule has 0 fully saturated rings. The number of halogens is 3. The highest BCUT2D eigenvalue weighted by Gasteiger charge is 2.18. The fourth-order valence-electron chi connectivity index (χ4n) is 2.94. The van der Waals surface area contributed by atoms with E-state index in [1.54, 1.807) is 60.4 Å². The van der Waals surface area contributed by atoms with Gasteiger partial charge in [0.1, 0.15) is 5.82 Å². The van der Waals surface area contributed by atoms with E-state index in [0.717, 1.165) is 0 Å². The molecule has 136 valence electrons. The fraction of sp³-hybridized carbons (Fsp3) is 0.105. The molecule has 2 heterocycles. The molecule has 8 heteroatoms. The second-order valence-electron chi connectivity index (χ2n) is 6.05. The number of aryl methyl sites for hydroxylation is 1. The van der Waals surface area contributed by atoms with Crippen molar-refractivity contribution < 1.29 is 0 Å². The molecule has 0 aliphatic heterocycles. The minimum Gasteiger partial charge on any atom is -0.318 e. The summed E-state index contributed by atoms with van der Waals surface area (Å²) in [6.07, 6.45) is 1.86. The van der Waals surface area contributed by atoms with Crippen molar-refractivity contribution in [1.29, 1.82) is 0 Å². The summed E-state index contributed by atoms with van der Waals surface area (Å²) in [5.41, 5.74) is 1.88. The molecule has 0 amide bonds. The van der Waals surface area contributed by atoms with Gasteiger partial charge >= 0.3 is 0 Å². The predicted octanol–water partition coefficient (Wildman–Crippen LogP) is 4.67. The van der Waals surface area contributed by atoms with Crippen LogP contribution < -0.4 is 5.56 Å². The smallest absolute Gasteiger partial charge is 0.286 e. The molecule has 0 N–H and O–H groups in total. The van der Waals surface area contributed by atoms with Crippen LogP contribution in [-0.4, -0.2) is 19.1 Å². The number of hydrogen-bond donors (Lipinski definition) is 0. The first kappa shape index (κ1) is 18.0. The number of hydrogen-bond acceptors (Lipinski definition) is 3. The lowest BCUT2D eigenvalue weighted by molar-refractivity contribution is 0.833. The highest BCUT2D eigenvalue weighted by atomic mass is 35.5. The Morgan fingerprint density at radius 2 is 1.67 bits per heavy atom. The van der Waals surface area contributed by atoms with Crippen molar-refractivity contribution >= 4 is 46.0 Å². The SMILES string of the molecule is Cn1cnc2c(=O)n(-c3ccc(Cl)cc3)c(Cc3c(Cl)cccc3Cl)nc21. The monoisotopic (exact) mass is 418 g/mol. The van der Waals surface area contributed by atoms with E-state index in [-0.39, 0.29) is 12.0 Å². The Hall–Kier alpha value is -2.34. The Morgan fingerprint density at radius 1 is 1.00 bits per heavy atom. The fourth-order valence-corrected chi connectivity index (χ4v) is 3.59. The van der Waals surface area contributed by atoms with Crippen LogP contribution in [0.5, 0.6) is 0 Å². The number of benzene rings is 2. The maximum absolute atomic E-state index is 13.2. The summed E-state index contributed by atoms with van der Waals surface area (Å²) in [6, 6.07) is 12.3. The van der Waals surface area contributed by atoms with Gasteiger partial charge in [0.05, 0.1) is 12.0 Å². The van der Waals surface area contributed by atoms with Gasteiger partial charge in [-0.3, -0.25) is 9.36 Å². The largest absolute Gasteiger partial charge is 0.318 e. The first-order valence-electron chi connectivity index (χ1n) is 8.07. The van der Waals surface area contributed by atoms with E-state index in [0.29, 0.717) is 43.3 Å². The molecule has 0 spiro atoms. The van der Waals surface area contributed by atoms with Gasteiger partial charge in [-0.15, -0.1) is 0 Å². The van der Waals surface area contributed by atoms with Gasteiger partial charge in [0.2, 0.25) is 0 Å². The zero-order chi connectivity index (χ0) is 19.1. The van der Waals surface area contributed by atoms with Crippen LogP contribution in [0.1, 0.15) is 11.4 Å². The zero-order valence-corrected chi connectivity index (χ0v) is 16.4. The average Bonchev–Trinajstić information content (AvgIpc) is 3.01. The van der Waals surface area contributed by atoms with Crippen LogP contribution in [0.2, 0.25) is 15.1 Å². The van der Waals surface area contributed by atoms with Crippen molar-refractivity contribution in [2.24, 2.45) is 7.05 Å². The molecule has 2 aromatic heterocycles. The first-order valence-corrected chi connectivity index (χ1v) is 9.21. The minimum absolute atomic E-state index is 0.263. The molecule has 4 rings (SSSR count). The molecule has 0 bridgehead atoms. The lowest BCUT2D eigenvalue weighted by Crippen LogP contribution is -2.24. The van der Waals surface area contributed by atoms with Crippen LogP contribution in [0.15, 0.2) is 53.6 Å². The lowest BCUT2D eigenvalue weighted by Gasteiger charge is -2.14. The van der Waals surface area contributed by atoms with Crippen LogP contribution >= 0.6 is 34.8 Å². The standard InChI is InChI=1S/C19H13Cl3N4O/c1-25-10-23-17-18(25)24-16(9-13-14(21)3-2-4-15(13)22)26(19(17)27)12-7-5-11(20)6-8-12/h2-8,10H,9H2,1H3. The van der Waals surface area contributed by atoms with Crippen LogP contribution in [0.4, 0.5) is 0 Å². The molecule has 0 aliphatic carbocycles. The Kier molecular flexibility index (Phi) is 4.68. The summed E-state index contributed by atoms with van der Waals surface area (Å²) in [5, 5.41) is 1.61. The minimum atomic E-state index is -0.263. The van der Waals surface area contributed by atoms with Crippen molar-refractivity contribution in [1.82, 2.24) is 19.1 Å². The topological polar surface area (TPSA) is 52.7 Å². The molecular weight excluding hydrogens is 407 g/mol. The number of nitrogens with zero attached hydrogens (tertiary/aromatic N) is 4. The molecule has 0 radical (unpaired) electrons. The van der Waals surface area contributed by atoms with Crippen molar-refractivity contribution in [3.8, 4) is 5.69 Å². The van der Waals surface area contributed by atoms with Gasteiger partial charge in [-0.05, 0) is 42.0 Å². The molecule has 5 nitrogen and oxygen atoms in total. The van der Waals surface area contributed by atoms with Crippen LogP contribution in [0.25, 0.3) is 16.9 Å². The molecule has 2 aromatic carbocycles. The summed E-state index contributed by atoms with van der Waals surface area (Å²) in [4.78, 5) is 22.0. The molecule has 0 saturated carbocycles. The quantitative estimate of drug-likeness (QED) is 0.485. The van der Waals surface area contributed by atoms with Crippen molar-refractivity contribution in [3.63, 3.8) is 0 Å². The van der Waals surface area contributed by atoms with Gasteiger partial charge in [-0.1, -0.05) is 40.9 Å². The maximum Gasteiger partial charge on any atom is 0.286 e. The van der Waals surface area contributed by atoms with Crippen LogP contribution in [0.3, 0.4) is 0 Å². The highest BCUT2D eigenvalue weighted by molar-refractivity contribution is 6.36. The van der Waals surface area contributed by atoms with Crippen molar-refractivity contribution in [2.75, 3.05) is 0 Å². The summed E-state index contributed by atoms with van der Waals surface area (Å²) in [6.45, 7) is 0.